The molecule has 1 unspecified atom stereocenters. The Labute approximate surface area is 156 Å². The van der Waals surface area contributed by atoms with Crippen molar-refractivity contribution < 1.29 is 9.59 Å². The van der Waals surface area contributed by atoms with Crippen LogP contribution in [-0.4, -0.2) is 22.5 Å². The highest BCUT2D eigenvalue weighted by molar-refractivity contribution is 6.07. The number of pyridine rings is 1. The molecule has 0 aliphatic carbocycles. The molecule has 27 heavy (non-hydrogen) atoms. The van der Waals surface area contributed by atoms with Gasteiger partial charge in [0, 0.05) is 29.6 Å². The van der Waals surface area contributed by atoms with E-state index in [4.69, 9.17) is 0 Å². The molecule has 0 saturated carbocycles. The summed E-state index contributed by atoms with van der Waals surface area (Å²) in [5.74, 6) is -0.275. The second kappa shape index (κ2) is 6.99. The van der Waals surface area contributed by atoms with Crippen LogP contribution in [0.15, 0.2) is 65.9 Å². The normalized spacial score (nSPS) is 16.6. The Bertz CT molecular complexity index is 1060. The van der Waals surface area contributed by atoms with Crippen LogP contribution >= 0.6 is 0 Å². The smallest absolute Gasteiger partial charge is 0.274 e. The fourth-order valence-corrected chi connectivity index (χ4v) is 3.13. The largest absolute Gasteiger partial charge is 0.321 e. The van der Waals surface area contributed by atoms with Crippen molar-refractivity contribution in [1.29, 1.82) is 0 Å². The minimum atomic E-state index is -0.260. The lowest BCUT2D eigenvalue weighted by Crippen LogP contribution is -2.31. The van der Waals surface area contributed by atoms with Crippen molar-refractivity contribution in [1.82, 2.24) is 10.4 Å². The van der Waals surface area contributed by atoms with Crippen molar-refractivity contribution in [2.75, 3.05) is 5.32 Å². The average Bonchev–Trinajstić information content (AvgIpc) is 2.68. The molecule has 0 saturated heterocycles. The maximum Gasteiger partial charge on any atom is 0.274 e. The van der Waals surface area contributed by atoms with Crippen LogP contribution in [0.25, 0.3) is 10.8 Å². The number of amides is 2. The van der Waals surface area contributed by atoms with Crippen molar-refractivity contribution in [3.63, 3.8) is 0 Å². The van der Waals surface area contributed by atoms with E-state index in [-0.39, 0.29) is 17.7 Å². The van der Waals surface area contributed by atoms with E-state index < -0.39 is 0 Å². The summed E-state index contributed by atoms with van der Waals surface area (Å²) in [5.41, 5.74) is 5.31. The molecule has 1 aromatic heterocycles. The van der Waals surface area contributed by atoms with Crippen molar-refractivity contribution in [3.05, 3.63) is 72.1 Å². The van der Waals surface area contributed by atoms with E-state index in [0.717, 1.165) is 22.0 Å². The van der Waals surface area contributed by atoms with Crippen molar-refractivity contribution in [2.24, 2.45) is 11.0 Å². The molecule has 0 fully saturated rings. The van der Waals surface area contributed by atoms with Crippen LogP contribution in [0.4, 0.5) is 5.69 Å². The Kier molecular flexibility index (Phi) is 4.38. The summed E-state index contributed by atoms with van der Waals surface area (Å²) in [4.78, 5) is 28.1. The van der Waals surface area contributed by atoms with Gasteiger partial charge in [0.05, 0.1) is 5.71 Å². The summed E-state index contributed by atoms with van der Waals surface area (Å²) in [6.45, 7) is 1.97. The molecule has 2 heterocycles. The number of anilines is 1. The quantitative estimate of drug-likeness (QED) is 0.753. The van der Waals surface area contributed by atoms with Gasteiger partial charge in [0.1, 0.15) is 5.69 Å². The molecule has 3 aromatic rings. The maximum atomic E-state index is 12.5. The SMILES string of the molecule is CC1CC(=O)NN=C1c1ccc(NC(=O)c2cc3ccccc3cn2)cc1. The number of carbonyl (C=O) groups excluding carboxylic acids is 2. The third kappa shape index (κ3) is 3.55. The number of hydrazone groups is 1. The van der Waals surface area contributed by atoms with Gasteiger partial charge in [-0.3, -0.25) is 14.6 Å². The molecule has 1 atom stereocenters. The van der Waals surface area contributed by atoms with Gasteiger partial charge in [-0.25, -0.2) is 5.43 Å². The number of fused-ring (bicyclic) bond motifs is 1. The molecule has 2 N–H and O–H groups in total. The van der Waals surface area contributed by atoms with Crippen LogP contribution in [0, 0.1) is 5.92 Å². The topological polar surface area (TPSA) is 83.5 Å². The summed E-state index contributed by atoms with van der Waals surface area (Å²) in [5, 5.41) is 8.97. The minimum Gasteiger partial charge on any atom is -0.321 e. The van der Waals surface area contributed by atoms with E-state index in [1.807, 2.05) is 55.5 Å². The first kappa shape index (κ1) is 16.9. The fourth-order valence-electron chi connectivity index (χ4n) is 3.13. The van der Waals surface area contributed by atoms with Gasteiger partial charge in [-0.2, -0.15) is 5.10 Å². The maximum absolute atomic E-state index is 12.5. The van der Waals surface area contributed by atoms with Crippen LogP contribution in [0.3, 0.4) is 0 Å². The van der Waals surface area contributed by atoms with Gasteiger partial charge in [-0.15, -0.1) is 0 Å². The highest BCUT2D eigenvalue weighted by Gasteiger charge is 2.21. The summed E-state index contributed by atoms with van der Waals surface area (Å²) in [7, 11) is 0. The molecular weight excluding hydrogens is 340 g/mol. The zero-order chi connectivity index (χ0) is 18.8. The Morgan fingerprint density at radius 1 is 1.11 bits per heavy atom. The van der Waals surface area contributed by atoms with Gasteiger partial charge in [-0.1, -0.05) is 43.3 Å². The Hall–Kier alpha value is -3.54. The molecule has 6 heteroatoms. The number of aromatic nitrogens is 1. The number of nitrogens with one attached hydrogen (secondary N) is 2. The second-order valence-corrected chi connectivity index (χ2v) is 6.59. The highest BCUT2D eigenvalue weighted by Crippen LogP contribution is 2.19. The number of benzene rings is 2. The summed E-state index contributed by atoms with van der Waals surface area (Å²) < 4.78 is 0. The molecule has 1 aliphatic rings. The van der Waals surface area contributed by atoms with Crippen molar-refractivity contribution in [2.45, 2.75) is 13.3 Å². The van der Waals surface area contributed by atoms with Crippen molar-refractivity contribution >= 4 is 34.0 Å². The van der Waals surface area contributed by atoms with E-state index >= 15 is 0 Å². The average molecular weight is 358 g/mol. The second-order valence-electron chi connectivity index (χ2n) is 6.59. The van der Waals surface area contributed by atoms with Gasteiger partial charge in [0.2, 0.25) is 5.91 Å². The molecule has 6 nitrogen and oxygen atoms in total. The summed E-state index contributed by atoms with van der Waals surface area (Å²) >= 11 is 0. The first-order chi connectivity index (χ1) is 13.1. The summed E-state index contributed by atoms with van der Waals surface area (Å²) in [6, 6.07) is 17.0. The number of rotatable bonds is 3. The van der Waals surface area contributed by atoms with Gasteiger partial charge >= 0.3 is 0 Å². The third-order valence-electron chi connectivity index (χ3n) is 4.56. The van der Waals surface area contributed by atoms with E-state index in [2.05, 4.69) is 20.8 Å². The number of hydrogen-bond donors (Lipinski definition) is 2. The predicted octanol–water partition coefficient (Wildman–Crippen LogP) is 3.35. The Balaban J connectivity index is 1.50. The van der Waals surface area contributed by atoms with Gasteiger partial charge < -0.3 is 5.32 Å². The van der Waals surface area contributed by atoms with Crippen LogP contribution in [0.5, 0.6) is 0 Å². The molecule has 2 aromatic carbocycles. The van der Waals surface area contributed by atoms with Crippen LogP contribution < -0.4 is 10.7 Å². The van der Waals surface area contributed by atoms with Crippen LogP contribution in [0.2, 0.25) is 0 Å². The van der Waals surface area contributed by atoms with E-state index in [1.165, 1.54) is 0 Å². The van der Waals surface area contributed by atoms with E-state index in [1.54, 1.807) is 12.3 Å². The zero-order valence-corrected chi connectivity index (χ0v) is 14.8. The fraction of sp³-hybridized carbons (Fsp3) is 0.143. The molecule has 0 spiro atoms. The van der Waals surface area contributed by atoms with Gasteiger partial charge in [0.25, 0.3) is 5.91 Å². The van der Waals surface area contributed by atoms with E-state index in [9.17, 15) is 9.59 Å². The molecule has 4 rings (SSSR count). The molecule has 2 amide bonds. The molecule has 0 bridgehead atoms. The van der Waals surface area contributed by atoms with Gasteiger partial charge in [-0.05, 0) is 29.1 Å². The van der Waals surface area contributed by atoms with Crippen LogP contribution in [0.1, 0.15) is 29.4 Å². The number of carbonyl (C=O) groups is 2. The van der Waals surface area contributed by atoms with Crippen LogP contribution in [-0.2, 0) is 4.79 Å². The number of nitrogens with zero attached hydrogens (tertiary/aromatic N) is 2. The Morgan fingerprint density at radius 3 is 2.59 bits per heavy atom. The molecule has 1 aliphatic heterocycles. The summed E-state index contributed by atoms with van der Waals surface area (Å²) in [6.07, 6.45) is 2.12. The molecule has 134 valence electrons. The monoisotopic (exact) mass is 358 g/mol. The standard InChI is InChI=1S/C21H18N4O2/c1-13-10-19(26)24-25-20(13)14-6-8-17(9-7-14)23-21(27)18-11-15-4-2-3-5-16(15)12-22-18/h2-9,11-13H,10H2,1H3,(H,23,27)(H,24,26). The minimum absolute atomic E-state index is 0.0565. The first-order valence-electron chi connectivity index (χ1n) is 8.73. The van der Waals surface area contributed by atoms with Gasteiger partial charge in [0.15, 0.2) is 0 Å². The lowest BCUT2D eigenvalue weighted by Gasteiger charge is -2.19. The predicted molar refractivity (Wildman–Crippen MR) is 105 cm³/mol. The third-order valence-corrected chi connectivity index (χ3v) is 4.56. The highest BCUT2D eigenvalue weighted by atomic mass is 16.2. The van der Waals surface area contributed by atoms with Crippen molar-refractivity contribution in [3.8, 4) is 0 Å². The molecule has 0 radical (unpaired) electrons. The Morgan fingerprint density at radius 2 is 1.85 bits per heavy atom. The lowest BCUT2D eigenvalue weighted by molar-refractivity contribution is -0.121. The molecular formula is C21H18N4O2. The first-order valence-corrected chi connectivity index (χ1v) is 8.73. The van der Waals surface area contributed by atoms with E-state index in [0.29, 0.717) is 17.8 Å². The lowest BCUT2D eigenvalue weighted by atomic mass is 9.94. The zero-order valence-electron chi connectivity index (χ0n) is 14.8. The number of hydrogen-bond acceptors (Lipinski definition) is 4.